The van der Waals surface area contributed by atoms with Gasteiger partial charge in [0.15, 0.2) is 0 Å². The van der Waals surface area contributed by atoms with Gasteiger partial charge in [-0.25, -0.2) is 4.79 Å². The van der Waals surface area contributed by atoms with Crippen LogP contribution in [-0.2, 0) is 0 Å². The van der Waals surface area contributed by atoms with Crippen molar-refractivity contribution >= 4 is 17.6 Å². The van der Waals surface area contributed by atoms with Gasteiger partial charge in [0.1, 0.15) is 0 Å². The van der Waals surface area contributed by atoms with Crippen LogP contribution < -0.4 is 16.4 Å². The Kier molecular flexibility index (Phi) is 4.81. The average molecular weight is 316 g/mol. The molecule has 1 aliphatic heterocycles. The lowest BCUT2D eigenvalue weighted by Gasteiger charge is -2.31. The molecule has 0 atom stereocenters. The highest BCUT2D eigenvalue weighted by molar-refractivity contribution is 5.97. The molecule has 1 saturated heterocycles. The van der Waals surface area contributed by atoms with Gasteiger partial charge in [-0.05, 0) is 56.3 Å². The number of carbonyl (C=O) groups excluding carboxylic acids is 2. The zero-order chi connectivity index (χ0) is 16.2. The van der Waals surface area contributed by atoms with Crippen molar-refractivity contribution in [1.29, 1.82) is 0 Å². The molecule has 0 unspecified atom stereocenters. The third-order valence-electron chi connectivity index (χ3n) is 4.52. The fraction of sp³-hybridized carbons (Fsp3) is 0.529. The molecule has 0 aromatic heterocycles. The molecule has 4 N–H and O–H groups in total. The zero-order valence-electron chi connectivity index (χ0n) is 13.3. The summed E-state index contributed by atoms with van der Waals surface area (Å²) in [6.45, 7) is 2.19. The number of piperidine rings is 1. The fourth-order valence-electron chi connectivity index (χ4n) is 2.86. The molecule has 1 aromatic carbocycles. The standard InChI is InChI=1S/C17H24N4O2/c18-11-12-6-8-21(9-7-12)16(22)13-2-1-3-15(10-13)20-17(23)19-14-4-5-14/h1-3,10,12,14H,4-9,11,18H2,(H2,19,20,23). The van der Waals surface area contributed by atoms with Crippen molar-refractivity contribution in [3.8, 4) is 0 Å². The summed E-state index contributed by atoms with van der Waals surface area (Å²) in [7, 11) is 0. The summed E-state index contributed by atoms with van der Waals surface area (Å²) in [5.74, 6) is 0.546. The van der Waals surface area contributed by atoms with Gasteiger partial charge in [-0.15, -0.1) is 0 Å². The van der Waals surface area contributed by atoms with Crippen LogP contribution in [0.15, 0.2) is 24.3 Å². The van der Waals surface area contributed by atoms with E-state index in [9.17, 15) is 9.59 Å². The number of nitrogens with zero attached hydrogens (tertiary/aromatic N) is 1. The SMILES string of the molecule is NCC1CCN(C(=O)c2cccc(NC(=O)NC3CC3)c2)CC1. The molecule has 124 valence electrons. The Morgan fingerprint density at radius 1 is 1.17 bits per heavy atom. The molecular formula is C17H24N4O2. The smallest absolute Gasteiger partial charge is 0.319 e. The molecule has 2 aliphatic rings. The van der Waals surface area contributed by atoms with Crippen LogP contribution >= 0.6 is 0 Å². The summed E-state index contributed by atoms with van der Waals surface area (Å²) in [5, 5.41) is 5.66. The van der Waals surface area contributed by atoms with Crippen molar-refractivity contribution < 1.29 is 9.59 Å². The van der Waals surface area contributed by atoms with E-state index in [-0.39, 0.29) is 11.9 Å². The van der Waals surface area contributed by atoms with Gasteiger partial charge in [-0.3, -0.25) is 4.79 Å². The highest BCUT2D eigenvalue weighted by Gasteiger charge is 2.24. The Bertz CT molecular complexity index is 578. The molecule has 0 bridgehead atoms. The summed E-state index contributed by atoms with van der Waals surface area (Å²) in [6, 6.07) is 7.23. The van der Waals surface area contributed by atoms with E-state index in [4.69, 9.17) is 5.73 Å². The Morgan fingerprint density at radius 2 is 1.91 bits per heavy atom. The van der Waals surface area contributed by atoms with Crippen molar-refractivity contribution in [2.75, 3.05) is 25.0 Å². The number of nitrogens with one attached hydrogen (secondary N) is 2. The predicted molar refractivity (Wildman–Crippen MR) is 89.3 cm³/mol. The van der Waals surface area contributed by atoms with E-state index in [0.29, 0.717) is 29.8 Å². The molecule has 2 fully saturated rings. The maximum Gasteiger partial charge on any atom is 0.319 e. The maximum absolute atomic E-state index is 12.6. The molecule has 1 aromatic rings. The van der Waals surface area contributed by atoms with Gasteiger partial charge in [0.05, 0.1) is 0 Å². The Balaban J connectivity index is 1.59. The van der Waals surface area contributed by atoms with E-state index in [2.05, 4.69) is 10.6 Å². The lowest BCUT2D eigenvalue weighted by Crippen LogP contribution is -2.40. The van der Waals surface area contributed by atoms with Crippen molar-refractivity contribution in [2.45, 2.75) is 31.7 Å². The molecule has 3 rings (SSSR count). The van der Waals surface area contributed by atoms with Crippen molar-refractivity contribution in [3.05, 3.63) is 29.8 Å². The molecule has 23 heavy (non-hydrogen) atoms. The number of likely N-dealkylation sites (tertiary alicyclic amines) is 1. The molecule has 1 saturated carbocycles. The predicted octanol–water partition coefficient (Wildman–Crippen LogP) is 1.78. The van der Waals surface area contributed by atoms with Crippen LogP contribution in [0, 0.1) is 5.92 Å². The highest BCUT2D eigenvalue weighted by Crippen LogP contribution is 2.21. The molecular weight excluding hydrogens is 292 g/mol. The first-order chi connectivity index (χ1) is 11.2. The van der Waals surface area contributed by atoms with Crippen LogP contribution in [0.4, 0.5) is 10.5 Å². The zero-order valence-corrected chi connectivity index (χ0v) is 13.3. The van der Waals surface area contributed by atoms with E-state index in [1.807, 2.05) is 4.90 Å². The highest BCUT2D eigenvalue weighted by atomic mass is 16.2. The van der Waals surface area contributed by atoms with Gasteiger partial charge in [0.25, 0.3) is 5.91 Å². The maximum atomic E-state index is 12.6. The first kappa shape index (κ1) is 15.8. The topological polar surface area (TPSA) is 87.5 Å². The Labute approximate surface area is 136 Å². The summed E-state index contributed by atoms with van der Waals surface area (Å²) >= 11 is 0. The minimum absolute atomic E-state index is 0.0201. The van der Waals surface area contributed by atoms with Gasteiger partial charge in [0.2, 0.25) is 0 Å². The number of benzene rings is 1. The first-order valence-electron chi connectivity index (χ1n) is 8.32. The van der Waals surface area contributed by atoms with E-state index in [1.54, 1.807) is 24.3 Å². The third-order valence-corrected chi connectivity index (χ3v) is 4.52. The number of anilines is 1. The van der Waals surface area contributed by atoms with E-state index in [1.165, 1.54) is 0 Å². The summed E-state index contributed by atoms with van der Waals surface area (Å²) in [6.07, 6.45) is 4.02. The second-order valence-electron chi connectivity index (χ2n) is 6.42. The lowest BCUT2D eigenvalue weighted by molar-refractivity contribution is 0.0693. The summed E-state index contributed by atoms with van der Waals surface area (Å²) < 4.78 is 0. The van der Waals surface area contributed by atoms with Crippen LogP contribution in [0.5, 0.6) is 0 Å². The lowest BCUT2D eigenvalue weighted by atomic mass is 9.96. The van der Waals surface area contributed by atoms with Gasteiger partial charge >= 0.3 is 6.03 Å². The van der Waals surface area contributed by atoms with Crippen LogP contribution in [0.2, 0.25) is 0 Å². The fourth-order valence-corrected chi connectivity index (χ4v) is 2.86. The Hall–Kier alpha value is -2.08. The summed E-state index contributed by atoms with van der Waals surface area (Å²) in [4.78, 5) is 26.2. The van der Waals surface area contributed by atoms with Gasteiger partial charge in [-0.1, -0.05) is 6.07 Å². The molecule has 6 heteroatoms. The van der Waals surface area contributed by atoms with Crippen molar-refractivity contribution in [1.82, 2.24) is 10.2 Å². The van der Waals surface area contributed by atoms with Crippen molar-refractivity contribution in [2.24, 2.45) is 11.7 Å². The summed E-state index contributed by atoms with van der Waals surface area (Å²) in [5.41, 5.74) is 6.95. The number of amides is 3. The average Bonchev–Trinajstić information content (AvgIpc) is 3.38. The normalized spacial score (nSPS) is 18.6. The van der Waals surface area contributed by atoms with Crippen LogP contribution in [-0.4, -0.2) is 42.5 Å². The van der Waals surface area contributed by atoms with E-state index in [0.717, 1.165) is 38.8 Å². The van der Waals surface area contributed by atoms with Gasteiger partial charge in [0, 0.05) is 30.4 Å². The van der Waals surface area contributed by atoms with Crippen LogP contribution in [0.3, 0.4) is 0 Å². The molecule has 3 amide bonds. The van der Waals surface area contributed by atoms with Crippen molar-refractivity contribution in [3.63, 3.8) is 0 Å². The number of carbonyl (C=O) groups is 2. The number of nitrogens with two attached hydrogens (primary N) is 1. The first-order valence-corrected chi connectivity index (χ1v) is 8.32. The number of rotatable bonds is 4. The molecule has 6 nitrogen and oxygen atoms in total. The quantitative estimate of drug-likeness (QED) is 0.791. The molecule has 1 aliphatic carbocycles. The third kappa shape index (κ3) is 4.22. The molecule has 0 radical (unpaired) electrons. The van der Waals surface area contributed by atoms with Crippen LogP contribution in [0.25, 0.3) is 0 Å². The minimum Gasteiger partial charge on any atom is -0.339 e. The van der Waals surface area contributed by atoms with Crippen LogP contribution in [0.1, 0.15) is 36.0 Å². The number of urea groups is 1. The molecule has 1 heterocycles. The minimum atomic E-state index is -0.208. The second kappa shape index (κ2) is 7.00. The monoisotopic (exact) mass is 316 g/mol. The number of hydrogen-bond donors (Lipinski definition) is 3. The largest absolute Gasteiger partial charge is 0.339 e. The number of hydrogen-bond acceptors (Lipinski definition) is 3. The van der Waals surface area contributed by atoms with Gasteiger partial charge in [-0.2, -0.15) is 0 Å². The Morgan fingerprint density at radius 3 is 2.57 bits per heavy atom. The second-order valence-corrected chi connectivity index (χ2v) is 6.42. The molecule has 0 spiro atoms. The van der Waals surface area contributed by atoms with Gasteiger partial charge < -0.3 is 21.3 Å². The van der Waals surface area contributed by atoms with E-state index < -0.39 is 0 Å². The van der Waals surface area contributed by atoms with E-state index >= 15 is 0 Å².